The molecule has 0 fully saturated rings. The second-order valence-electron chi connectivity index (χ2n) is 48.5. The summed E-state index contributed by atoms with van der Waals surface area (Å²) in [7, 11) is 0. The zero-order valence-electron chi connectivity index (χ0n) is 86.4. The van der Waals surface area contributed by atoms with E-state index in [-0.39, 0.29) is 81.2 Å². The van der Waals surface area contributed by atoms with Crippen LogP contribution < -0.4 is 0 Å². The minimum Gasteiger partial charge on any atom is -0.264 e. The van der Waals surface area contributed by atoms with Gasteiger partial charge in [-0.15, -0.1) is 5.10 Å². The molecule has 17 nitrogen and oxygen atoms in total. The maximum Gasteiger partial charge on any atom is 0.115 e. The highest BCUT2D eigenvalue weighted by atomic mass is 32.1. The van der Waals surface area contributed by atoms with Crippen molar-refractivity contribution in [3.05, 3.63) is 200 Å². The van der Waals surface area contributed by atoms with Crippen LogP contribution in [0.1, 0.15) is 471 Å². The van der Waals surface area contributed by atoms with E-state index in [4.69, 9.17) is 4.63 Å². The van der Waals surface area contributed by atoms with Gasteiger partial charge in [-0.25, -0.2) is 24.6 Å². The van der Waals surface area contributed by atoms with Gasteiger partial charge in [0.2, 0.25) is 0 Å². The first-order chi connectivity index (χ1) is 54.1. The molecule has 0 aliphatic heterocycles. The Morgan fingerprint density at radius 2 is 0.562 bits per heavy atom. The van der Waals surface area contributed by atoms with Gasteiger partial charge in [-0.2, -0.15) is 20.4 Å². The second-order valence-corrected chi connectivity index (χ2v) is 49.3. The topological polar surface area (TPSA) is 219 Å². The van der Waals surface area contributed by atoms with Crippen LogP contribution in [0.2, 0.25) is 0 Å². The molecule has 0 aliphatic carbocycles. The summed E-state index contributed by atoms with van der Waals surface area (Å²) in [5.41, 5.74) is 21.9. The molecule has 0 N–H and O–H groups in total. The van der Waals surface area contributed by atoms with E-state index in [2.05, 4.69) is 451 Å². The van der Waals surface area contributed by atoms with Crippen molar-refractivity contribution in [3.63, 3.8) is 0 Å². The molecule has 0 atom stereocenters. The monoisotopic (exact) mass is 1680 g/mol. The number of nitrogens with zero attached hydrogens (tertiary/aromatic N) is 16. The van der Waals surface area contributed by atoms with Crippen molar-refractivity contribution in [2.24, 2.45) is 0 Å². The van der Waals surface area contributed by atoms with Gasteiger partial charge in [0.05, 0.1) is 51.4 Å². The van der Waals surface area contributed by atoms with E-state index >= 15 is 0 Å². The molecule has 0 spiro atoms. The lowest BCUT2D eigenvalue weighted by Crippen LogP contribution is -2.24. The van der Waals surface area contributed by atoms with Crippen LogP contribution >= 0.6 is 11.5 Å². The van der Waals surface area contributed by atoms with E-state index in [0.717, 1.165) is 45.6 Å². The van der Waals surface area contributed by atoms with Gasteiger partial charge in [0.1, 0.15) is 24.0 Å². The highest BCUT2D eigenvalue weighted by molar-refractivity contribution is 7.05. The molecule has 0 amide bonds. The van der Waals surface area contributed by atoms with Crippen molar-refractivity contribution in [1.29, 1.82) is 0 Å². The van der Waals surface area contributed by atoms with Crippen LogP contribution in [0.25, 0.3) is 0 Å². The predicted molar refractivity (Wildman–Crippen MR) is 516 cm³/mol. The highest BCUT2D eigenvalue weighted by Gasteiger charge is 2.35. The Morgan fingerprint density at radius 1 is 0.240 bits per heavy atom. The van der Waals surface area contributed by atoms with E-state index in [0.29, 0.717) is 17.8 Å². The third kappa shape index (κ3) is 37.4. The van der Waals surface area contributed by atoms with Gasteiger partial charge in [-0.1, -0.05) is 374 Å². The minimum absolute atomic E-state index is 0.00259. The summed E-state index contributed by atoms with van der Waals surface area (Å²) in [5, 5.41) is 28.3. The molecule has 0 saturated carbocycles. The number of hydrogen-bond acceptors (Lipinski definition) is 18. The summed E-state index contributed by atoms with van der Waals surface area (Å²) < 4.78 is 8.85. The number of aromatic nitrogens is 16. The van der Waals surface area contributed by atoms with E-state index in [1.165, 1.54) is 66.6 Å². The Kier molecular flexibility index (Phi) is 39.9. The molecule has 18 heteroatoms. The van der Waals surface area contributed by atoms with Gasteiger partial charge < -0.3 is 0 Å². The molecular weight excluding hydrogens is 1510 g/mol. The fourth-order valence-corrected chi connectivity index (χ4v) is 13.6. The number of rotatable bonds is 3. The smallest absolute Gasteiger partial charge is 0.115 e. The first-order valence-corrected chi connectivity index (χ1v) is 44.6. The lowest BCUT2D eigenvalue weighted by Gasteiger charge is -2.28. The lowest BCUT2D eigenvalue weighted by atomic mass is 9.77. The summed E-state index contributed by atoms with van der Waals surface area (Å²) in [6, 6.07) is 8.40. The van der Waals surface area contributed by atoms with Crippen molar-refractivity contribution in [2.45, 2.75) is 452 Å². The molecule has 0 aliphatic rings. The van der Waals surface area contributed by atoms with Gasteiger partial charge in [0, 0.05) is 104 Å². The fraction of sp³-hybridized carbons (Fsp3) is 0.670. The second kappa shape index (κ2) is 43.3. The Morgan fingerprint density at radius 3 is 0.835 bits per heavy atom. The molecule has 676 valence electrons. The van der Waals surface area contributed by atoms with Gasteiger partial charge in [0.25, 0.3) is 0 Å². The first kappa shape index (κ1) is 111. The van der Waals surface area contributed by atoms with E-state index < -0.39 is 0 Å². The molecule has 9 rings (SSSR count). The average Bonchev–Trinajstić information content (AvgIpc) is 1.80. The number of pyridine rings is 2. The van der Waals surface area contributed by atoms with Gasteiger partial charge in [-0.3, -0.25) is 19.9 Å². The molecule has 0 saturated heterocycles. The highest BCUT2D eigenvalue weighted by Crippen LogP contribution is 2.39. The average molecular weight is 1680 g/mol. The molecule has 9 aromatic rings. The van der Waals surface area contributed by atoms with Gasteiger partial charge in [0.15, 0.2) is 0 Å². The molecule has 9 heterocycles. The minimum atomic E-state index is 0.00259. The predicted octanol–water partition coefficient (Wildman–Crippen LogP) is 28.0. The Bertz CT molecular complexity index is 3830. The molecule has 0 unspecified atom stereocenters. The molecule has 0 aromatic carbocycles. The van der Waals surface area contributed by atoms with Crippen LogP contribution in [0.15, 0.2) is 104 Å². The number of hydrogen-bond donors (Lipinski definition) is 0. The molecule has 9 aromatic heterocycles. The van der Waals surface area contributed by atoms with Crippen LogP contribution in [-0.4, -0.2) is 80.2 Å². The molecule has 121 heavy (non-hydrogen) atoms. The maximum atomic E-state index is 4.80. The van der Waals surface area contributed by atoms with Crippen molar-refractivity contribution in [2.75, 3.05) is 0 Å². The maximum absolute atomic E-state index is 4.80. The van der Waals surface area contributed by atoms with Crippen LogP contribution in [0.4, 0.5) is 0 Å². The summed E-state index contributed by atoms with van der Waals surface area (Å²) in [6.07, 6.45) is 22.0. The zero-order chi connectivity index (χ0) is 94.7. The van der Waals surface area contributed by atoms with Crippen LogP contribution in [0, 0.1) is 0 Å². The fourth-order valence-electron chi connectivity index (χ4n) is 12.7. The van der Waals surface area contributed by atoms with Crippen LogP contribution in [0.5, 0.6) is 0 Å². The van der Waals surface area contributed by atoms with Crippen molar-refractivity contribution < 1.29 is 4.63 Å². The quantitative estimate of drug-likeness (QED) is 0.160. The van der Waals surface area contributed by atoms with Crippen LogP contribution in [0.3, 0.4) is 0 Å². The Balaban J connectivity index is 0.000000681. The summed E-state index contributed by atoms with van der Waals surface area (Å²) in [5.74, 6) is 1.70. The van der Waals surface area contributed by atoms with E-state index in [1.54, 1.807) is 31.2 Å². The van der Waals surface area contributed by atoms with Gasteiger partial charge in [-0.05, 0) is 124 Å². The van der Waals surface area contributed by atoms with Gasteiger partial charge >= 0.3 is 0 Å². The Labute approximate surface area is 743 Å². The first-order valence-electron chi connectivity index (χ1n) is 43.8. The Hall–Kier alpha value is -7.60. The van der Waals surface area contributed by atoms with E-state index in [1.807, 2.05) is 49.4 Å². The third-order valence-corrected chi connectivity index (χ3v) is 20.4. The van der Waals surface area contributed by atoms with Crippen molar-refractivity contribution in [1.82, 2.24) is 80.2 Å². The molecular formula is C103H172N16OS. The summed E-state index contributed by atoms with van der Waals surface area (Å²) in [6.45, 7) is 111. The normalized spacial score (nSPS) is 12.8. The third-order valence-electron chi connectivity index (χ3n) is 19.3. The largest absolute Gasteiger partial charge is 0.264 e. The summed E-state index contributed by atoms with van der Waals surface area (Å²) >= 11 is 1.52. The summed E-state index contributed by atoms with van der Waals surface area (Å²) in [4.78, 5) is 35.9. The molecule has 0 bridgehead atoms. The van der Waals surface area contributed by atoms with Crippen molar-refractivity contribution >= 4 is 11.5 Å². The lowest BCUT2D eigenvalue weighted by molar-refractivity contribution is 0.290. The standard InChI is InChI=1S/C13H21N.4C12H20N2.C11H18N2.C11H17N.C10H18N2O.C10H18N2S/c1-12(2,3)10-8-7-9-14-11(10)13(4,5)6;2*1-11(2,3)9-7-13-8-14-10(9)12(4,5)6;1-11(2,3)9-7-13-14-8-10(9)12(4,5)6;1-11(2,3)9-10(12(4,5)6)14-8-7-13-9;1-8(2)9-6-7-12-13-10(9)11(3,4)5;1-8(2)10-5-6-12-7-11(10)9(3)4;1-9(2,3)7-8(10(4,5)6)12-13-11-7;1-9(2,3)7-8(10(4,5)6)13-12-11-7/h7-9H,1-6H3;4*7-8H,1-6H3;6-8H,1-5H3;5-9H,1-4H3;2*1-6H3. The molecule has 0 radical (unpaired) electrons. The van der Waals surface area contributed by atoms with E-state index in [9.17, 15) is 0 Å². The van der Waals surface area contributed by atoms with Crippen LogP contribution in [-0.2, 0) is 81.2 Å². The zero-order valence-corrected chi connectivity index (χ0v) is 87.3. The van der Waals surface area contributed by atoms with Crippen molar-refractivity contribution in [3.8, 4) is 0 Å². The SMILES string of the molecule is CC(C)(C)c1cccnc1C(C)(C)C.CC(C)(C)c1cncnc1C(C)(C)C.CC(C)(C)c1cncnc1C(C)(C)C.CC(C)(C)c1cnncc1C(C)(C)C.CC(C)(C)c1nccnc1C(C)(C)C.CC(C)(C)c1nnsc1C(C)(C)C.CC(C)(C)c1nonc1C(C)(C)C.CC(C)c1ccncc1C(C)C.CC(C)c1ccnnc1C(C)(C)C.